The molecule has 0 amide bonds. The molecule has 0 bridgehead atoms. The van der Waals surface area contributed by atoms with Gasteiger partial charge in [-0.3, -0.25) is 9.97 Å². The lowest BCUT2D eigenvalue weighted by Gasteiger charge is -2.04. The molecular formula is C21H21N7. The molecule has 0 aliphatic heterocycles. The van der Waals surface area contributed by atoms with Gasteiger partial charge in [0.25, 0.3) is 0 Å². The lowest BCUT2D eigenvalue weighted by Crippen LogP contribution is -2.02. The molecular weight excluding hydrogens is 350 g/mol. The Bertz CT molecular complexity index is 1320. The van der Waals surface area contributed by atoms with Crippen molar-refractivity contribution in [1.29, 1.82) is 0 Å². The van der Waals surface area contributed by atoms with Crippen molar-refractivity contribution in [2.24, 2.45) is 7.05 Å². The number of benzene rings is 1. The molecule has 28 heavy (non-hydrogen) atoms. The van der Waals surface area contributed by atoms with Gasteiger partial charge in [0, 0.05) is 37.7 Å². The fourth-order valence-corrected chi connectivity index (χ4v) is 3.88. The normalized spacial score (nSPS) is 11.9. The van der Waals surface area contributed by atoms with Crippen molar-refractivity contribution >= 4 is 27.6 Å². The van der Waals surface area contributed by atoms with Gasteiger partial charge in [0.2, 0.25) is 0 Å². The Morgan fingerprint density at radius 3 is 2.71 bits per heavy atom. The van der Waals surface area contributed by atoms with Crippen molar-refractivity contribution in [3.8, 4) is 0 Å². The van der Waals surface area contributed by atoms with Crippen LogP contribution in [0.5, 0.6) is 0 Å². The molecule has 0 unspecified atom stereocenters. The standard InChI is InChI=1S/C21H21N7/c1-12-10-16-15(6-5-9-22-16)19-20(12)27(4)18(25-19)8-7-17-24-21-14(3)23-11-13(2)28(21)26-17/h5-6,9-11H,7-8H2,1-4H3. The summed E-state index contributed by atoms with van der Waals surface area (Å²) < 4.78 is 4.06. The van der Waals surface area contributed by atoms with Crippen LogP contribution < -0.4 is 0 Å². The van der Waals surface area contributed by atoms with Crippen molar-refractivity contribution in [2.75, 3.05) is 0 Å². The molecule has 140 valence electrons. The monoisotopic (exact) mass is 371 g/mol. The van der Waals surface area contributed by atoms with E-state index >= 15 is 0 Å². The van der Waals surface area contributed by atoms with E-state index in [1.54, 1.807) is 0 Å². The van der Waals surface area contributed by atoms with Crippen molar-refractivity contribution in [1.82, 2.24) is 34.1 Å². The highest BCUT2D eigenvalue weighted by Crippen LogP contribution is 2.27. The second-order valence-electron chi connectivity index (χ2n) is 7.30. The van der Waals surface area contributed by atoms with Crippen LogP contribution in [-0.4, -0.2) is 34.1 Å². The van der Waals surface area contributed by atoms with Crippen LogP contribution in [0.1, 0.15) is 28.6 Å². The number of aryl methyl sites for hydroxylation is 6. The molecule has 0 fully saturated rings. The van der Waals surface area contributed by atoms with Crippen LogP contribution in [0.15, 0.2) is 30.6 Å². The molecule has 5 aromatic rings. The zero-order valence-corrected chi connectivity index (χ0v) is 16.4. The minimum atomic E-state index is 0.729. The van der Waals surface area contributed by atoms with E-state index in [0.29, 0.717) is 0 Å². The van der Waals surface area contributed by atoms with Crippen molar-refractivity contribution in [3.63, 3.8) is 0 Å². The first-order chi connectivity index (χ1) is 13.5. The molecule has 0 saturated heterocycles. The zero-order chi connectivity index (χ0) is 19.4. The van der Waals surface area contributed by atoms with Crippen LogP contribution in [0.4, 0.5) is 0 Å². The van der Waals surface area contributed by atoms with E-state index in [2.05, 4.69) is 50.7 Å². The third-order valence-corrected chi connectivity index (χ3v) is 5.33. The quantitative estimate of drug-likeness (QED) is 0.487. The van der Waals surface area contributed by atoms with Gasteiger partial charge < -0.3 is 4.57 Å². The van der Waals surface area contributed by atoms with Gasteiger partial charge in [-0.1, -0.05) is 0 Å². The molecule has 5 rings (SSSR count). The summed E-state index contributed by atoms with van der Waals surface area (Å²) in [6, 6.07) is 6.18. The highest BCUT2D eigenvalue weighted by atomic mass is 15.3. The van der Waals surface area contributed by atoms with Gasteiger partial charge in [-0.25, -0.2) is 14.5 Å². The Balaban J connectivity index is 1.55. The predicted octanol–water partition coefficient (Wildman–Crippen LogP) is 3.27. The second-order valence-corrected chi connectivity index (χ2v) is 7.30. The Morgan fingerprint density at radius 1 is 1.04 bits per heavy atom. The Kier molecular flexibility index (Phi) is 3.65. The number of rotatable bonds is 3. The number of imidazole rings is 1. The fourth-order valence-electron chi connectivity index (χ4n) is 3.88. The first-order valence-corrected chi connectivity index (χ1v) is 9.40. The third kappa shape index (κ3) is 2.46. The molecule has 0 atom stereocenters. The maximum absolute atomic E-state index is 4.95. The first kappa shape index (κ1) is 16.8. The van der Waals surface area contributed by atoms with Gasteiger partial charge in [0.15, 0.2) is 11.5 Å². The minimum absolute atomic E-state index is 0.729. The molecule has 0 radical (unpaired) electrons. The highest BCUT2D eigenvalue weighted by Gasteiger charge is 2.15. The molecule has 0 spiro atoms. The van der Waals surface area contributed by atoms with Crippen molar-refractivity contribution in [2.45, 2.75) is 33.6 Å². The zero-order valence-electron chi connectivity index (χ0n) is 16.4. The van der Waals surface area contributed by atoms with Crippen LogP contribution in [0.25, 0.3) is 27.6 Å². The summed E-state index contributed by atoms with van der Waals surface area (Å²) >= 11 is 0. The summed E-state index contributed by atoms with van der Waals surface area (Å²) in [6.45, 7) is 6.07. The van der Waals surface area contributed by atoms with E-state index in [1.807, 2.05) is 36.8 Å². The van der Waals surface area contributed by atoms with Crippen molar-refractivity contribution < 1.29 is 0 Å². The predicted molar refractivity (Wildman–Crippen MR) is 108 cm³/mol. The average molecular weight is 371 g/mol. The fraction of sp³-hybridized carbons (Fsp3) is 0.286. The summed E-state index contributed by atoms with van der Waals surface area (Å²) in [5.74, 6) is 1.84. The van der Waals surface area contributed by atoms with Gasteiger partial charge in [-0.05, 0) is 44.5 Å². The van der Waals surface area contributed by atoms with Gasteiger partial charge in [0.05, 0.1) is 27.9 Å². The Morgan fingerprint density at radius 2 is 1.89 bits per heavy atom. The summed E-state index contributed by atoms with van der Waals surface area (Å²) in [5, 5.41) is 5.75. The molecule has 4 aromatic heterocycles. The van der Waals surface area contributed by atoms with E-state index in [0.717, 1.165) is 63.5 Å². The number of hydrogen-bond acceptors (Lipinski definition) is 5. The number of hydrogen-bond donors (Lipinski definition) is 0. The molecule has 0 N–H and O–H groups in total. The largest absolute Gasteiger partial charge is 0.331 e. The topological polar surface area (TPSA) is 73.8 Å². The Hall–Kier alpha value is -3.35. The summed E-state index contributed by atoms with van der Waals surface area (Å²) in [4.78, 5) is 18.5. The number of fused-ring (bicyclic) bond motifs is 4. The van der Waals surface area contributed by atoms with E-state index in [-0.39, 0.29) is 0 Å². The summed E-state index contributed by atoms with van der Waals surface area (Å²) in [6.07, 6.45) is 5.15. The van der Waals surface area contributed by atoms with Crippen LogP contribution in [0, 0.1) is 20.8 Å². The van der Waals surface area contributed by atoms with E-state index < -0.39 is 0 Å². The minimum Gasteiger partial charge on any atom is -0.331 e. The number of pyridine rings is 1. The van der Waals surface area contributed by atoms with Gasteiger partial charge in [-0.2, -0.15) is 5.10 Å². The summed E-state index contributed by atoms with van der Waals surface area (Å²) in [7, 11) is 2.08. The van der Waals surface area contributed by atoms with Crippen molar-refractivity contribution in [3.05, 3.63) is 59.2 Å². The van der Waals surface area contributed by atoms with E-state index in [1.165, 1.54) is 5.56 Å². The second kappa shape index (κ2) is 6.09. The maximum atomic E-state index is 4.95. The SMILES string of the molecule is Cc1cc2ncccc2c2nc(CCc3nc4c(C)ncc(C)n4n3)n(C)c12. The maximum Gasteiger partial charge on any atom is 0.177 e. The molecule has 7 heteroatoms. The van der Waals surface area contributed by atoms with Gasteiger partial charge in [0.1, 0.15) is 5.82 Å². The lowest BCUT2D eigenvalue weighted by molar-refractivity contribution is 0.751. The van der Waals surface area contributed by atoms with Gasteiger partial charge in [-0.15, -0.1) is 0 Å². The smallest absolute Gasteiger partial charge is 0.177 e. The Labute approximate surface area is 162 Å². The number of nitrogens with zero attached hydrogens (tertiary/aromatic N) is 7. The van der Waals surface area contributed by atoms with Crippen LogP contribution in [0.3, 0.4) is 0 Å². The lowest BCUT2D eigenvalue weighted by atomic mass is 10.1. The van der Waals surface area contributed by atoms with E-state index in [4.69, 9.17) is 4.98 Å². The highest BCUT2D eigenvalue weighted by molar-refractivity contribution is 6.04. The average Bonchev–Trinajstić information content (AvgIpc) is 3.26. The van der Waals surface area contributed by atoms with Crippen LogP contribution in [0.2, 0.25) is 0 Å². The van der Waals surface area contributed by atoms with E-state index in [9.17, 15) is 0 Å². The molecule has 0 aliphatic rings. The summed E-state index contributed by atoms with van der Waals surface area (Å²) in [5.41, 5.74) is 7.04. The van der Waals surface area contributed by atoms with Crippen LogP contribution >= 0.6 is 0 Å². The van der Waals surface area contributed by atoms with Gasteiger partial charge >= 0.3 is 0 Å². The molecule has 0 aliphatic carbocycles. The third-order valence-electron chi connectivity index (χ3n) is 5.33. The molecule has 0 saturated carbocycles. The molecule has 7 nitrogen and oxygen atoms in total. The molecule has 1 aromatic carbocycles. The number of aromatic nitrogens is 7. The molecule has 4 heterocycles. The van der Waals surface area contributed by atoms with Crippen LogP contribution in [-0.2, 0) is 19.9 Å². The first-order valence-electron chi connectivity index (χ1n) is 9.40.